The van der Waals surface area contributed by atoms with Crippen LogP contribution >= 0.6 is 11.6 Å². The van der Waals surface area contributed by atoms with E-state index >= 15 is 0 Å². The Morgan fingerprint density at radius 2 is 1.79 bits per heavy atom. The summed E-state index contributed by atoms with van der Waals surface area (Å²) in [5.41, 5.74) is 4.02. The number of nitrogens with one attached hydrogen (secondary N) is 1. The van der Waals surface area contributed by atoms with E-state index in [0.717, 1.165) is 28.7 Å². The minimum atomic E-state index is -0.532. The van der Waals surface area contributed by atoms with Crippen LogP contribution in [0, 0.1) is 13.8 Å². The highest BCUT2D eigenvalue weighted by Crippen LogP contribution is 2.21. The zero-order chi connectivity index (χ0) is 21.4. The number of aryl methyl sites for hydroxylation is 2. The molecule has 2 amide bonds. The van der Waals surface area contributed by atoms with Crippen LogP contribution in [0.4, 0.5) is 0 Å². The third-order valence-corrected chi connectivity index (χ3v) is 5.45. The molecule has 0 saturated carbocycles. The van der Waals surface area contributed by atoms with Gasteiger partial charge >= 0.3 is 0 Å². The molecule has 2 rings (SSSR count). The summed E-state index contributed by atoms with van der Waals surface area (Å²) < 4.78 is 0. The van der Waals surface area contributed by atoms with Crippen LogP contribution in [0.2, 0.25) is 5.02 Å². The molecule has 5 heteroatoms. The standard InChI is InChI=1S/C24H31ClN2O2/c1-5-13-26-24(29)22(6-2)27(16-19-9-7-8-10-21(19)25)23(28)15-20-14-17(3)11-12-18(20)4/h7-12,14,22H,5-6,13,15-16H2,1-4H3,(H,26,29)/t22-/m0/s1. The van der Waals surface area contributed by atoms with Gasteiger partial charge in [-0.3, -0.25) is 9.59 Å². The van der Waals surface area contributed by atoms with E-state index in [-0.39, 0.29) is 18.2 Å². The molecule has 4 nitrogen and oxygen atoms in total. The van der Waals surface area contributed by atoms with E-state index in [4.69, 9.17) is 11.6 Å². The summed E-state index contributed by atoms with van der Waals surface area (Å²) in [4.78, 5) is 27.8. The predicted molar refractivity (Wildman–Crippen MR) is 119 cm³/mol. The summed E-state index contributed by atoms with van der Waals surface area (Å²) in [6.07, 6.45) is 1.65. The summed E-state index contributed by atoms with van der Waals surface area (Å²) in [6.45, 7) is 8.87. The molecule has 156 valence electrons. The van der Waals surface area contributed by atoms with Crippen molar-refractivity contribution in [3.63, 3.8) is 0 Å². The van der Waals surface area contributed by atoms with E-state index < -0.39 is 6.04 Å². The first-order chi connectivity index (χ1) is 13.9. The Hall–Kier alpha value is -2.33. The normalized spacial score (nSPS) is 11.8. The second-order valence-corrected chi connectivity index (χ2v) is 7.84. The molecule has 0 spiro atoms. The van der Waals surface area contributed by atoms with Crippen LogP contribution < -0.4 is 5.32 Å². The fourth-order valence-corrected chi connectivity index (χ4v) is 3.55. The van der Waals surface area contributed by atoms with Gasteiger partial charge in [0, 0.05) is 18.1 Å². The monoisotopic (exact) mass is 414 g/mol. The molecule has 0 bridgehead atoms. The first kappa shape index (κ1) is 23.0. The molecular weight excluding hydrogens is 384 g/mol. The summed E-state index contributed by atoms with van der Waals surface area (Å²) in [6, 6.07) is 13.0. The molecule has 0 radical (unpaired) electrons. The second-order valence-electron chi connectivity index (χ2n) is 7.43. The molecule has 0 saturated heterocycles. The van der Waals surface area contributed by atoms with Crippen molar-refractivity contribution in [1.82, 2.24) is 10.2 Å². The Labute approximate surface area is 179 Å². The molecule has 0 aliphatic heterocycles. The average Bonchev–Trinajstić information content (AvgIpc) is 2.70. The van der Waals surface area contributed by atoms with Gasteiger partial charge in [-0.25, -0.2) is 0 Å². The molecule has 2 aromatic carbocycles. The third kappa shape index (κ3) is 6.33. The first-order valence-electron chi connectivity index (χ1n) is 10.2. The fraction of sp³-hybridized carbons (Fsp3) is 0.417. The van der Waals surface area contributed by atoms with Crippen molar-refractivity contribution in [2.75, 3.05) is 6.54 Å². The van der Waals surface area contributed by atoms with Crippen molar-refractivity contribution in [1.29, 1.82) is 0 Å². The minimum absolute atomic E-state index is 0.0721. The van der Waals surface area contributed by atoms with Crippen LogP contribution in [0.5, 0.6) is 0 Å². The van der Waals surface area contributed by atoms with Crippen molar-refractivity contribution in [2.24, 2.45) is 0 Å². The lowest BCUT2D eigenvalue weighted by atomic mass is 10.0. The molecular formula is C24H31ClN2O2. The predicted octanol–water partition coefficient (Wildman–Crippen LogP) is 4.83. The van der Waals surface area contributed by atoms with Gasteiger partial charge in [0.2, 0.25) is 11.8 Å². The summed E-state index contributed by atoms with van der Waals surface area (Å²) in [7, 11) is 0. The lowest BCUT2D eigenvalue weighted by Gasteiger charge is -2.31. The number of hydrogen-bond acceptors (Lipinski definition) is 2. The Morgan fingerprint density at radius 3 is 2.45 bits per heavy atom. The summed E-state index contributed by atoms with van der Waals surface area (Å²) >= 11 is 6.35. The smallest absolute Gasteiger partial charge is 0.242 e. The number of amides is 2. The lowest BCUT2D eigenvalue weighted by Crippen LogP contribution is -2.49. The van der Waals surface area contributed by atoms with Crippen LogP contribution in [0.25, 0.3) is 0 Å². The Morgan fingerprint density at radius 1 is 1.07 bits per heavy atom. The largest absolute Gasteiger partial charge is 0.354 e. The van der Waals surface area contributed by atoms with Gasteiger partial charge in [0.05, 0.1) is 6.42 Å². The van der Waals surface area contributed by atoms with Gasteiger partial charge in [0.1, 0.15) is 6.04 Å². The molecule has 0 unspecified atom stereocenters. The van der Waals surface area contributed by atoms with E-state index in [0.29, 0.717) is 24.5 Å². The van der Waals surface area contributed by atoms with Gasteiger partial charge in [-0.2, -0.15) is 0 Å². The van der Waals surface area contributed by atoms with E-state index in [2.05, 4.69) is 5.32 Å². The molecule has 0 heterocycles. The summed E-state index contributed by atoms with van der Waals surface area (Å²) in [5, 5.41) is 3.54. The van der Waals surface area contributed by atoms with E-state index in [9.17, 15) is 9.59 Å². The third-order valence-electron chi connectivity index (χ3n) is 5.08. The fourth-order valence-electron chi connectivity index (χ4n) is 3.35. The van der Waals surface area contributed by atoms with Gasteiger partial charge in [0.15, 0.2) is 0 Å². The van der Waals surface area contributed by atoms with Gasteiger partial charge in [-0.05, 0) is 49.4 Å². The molecule has 1 N–H and O–H groups in total. The van der Waals surface area contributed by atoms with Gasteiger partial charge in [-0.15, -0.1) is 0 Å². The average molecular weight is 415 g/mol. The zero-order valence-electron chi connectivity index (χ0n) is 17.8. The van der Waals surface area contributed by atoms with Crippen LogP contribution in [0.15, 0.2) is 42.5 Å². The van der Waals surface area contributed by atoms with E-state index in [1.54, 1.807) is 4.90 Å². The molecule has 0 aromatic heterocycles. The van der Waals surface area contributed by atoms with E-state index in [1.165, 1.54) is 0 Å². The van der Waals surface area contributed by atoms with Crippen molar-refractivity contribution in [3.8, 4) is 0 Å². The highest BCUT2D eigenvalue weighted by Gasteiger charge is 2.29. The number of hydrogen-bond donors (Lipinski definition) is 1. The lowest BCUT2D eigenvalue weighted by molar-refractivity contribution is -0.140. The Bertz CT molecular complexity index is 851. The molecule has 0 aliphatic rings. The maximum absolute atomic E-state index is 13.4. The number of carbonyl (C=O) groups excluding carboxylic acids is 2. The Kier molecular flexibility index (Phi) is 8.71. The molecule has 0 aliphatic carbocycles. The number of benzene rings is 2. The molecule has 0 fully saturated rings. The van der Waals surface area contributed by atoms with Crippen molar-refractivity contribution < 1.29 is 9.59 Å². The second kappa shape index (κ2) is 11.0. The van der Waals surface area contributed by atoms with E-state index in [1.807, 2.05) is 70.2 Å². The molecule has 2 aromatic rings. The first-order valence-corrected chi connectivity index (χ1v) is 10.6. The molecule has 29 heavy (non-hydrogen) atoms. The van der Waals surface area contributed by atoms with Crippen LogP contribution in [-0.4, -0.2) is 29.3 Å². The van der Waals surface area contributed by atoms with Crippen molar-refractivity contribution >= 4 is 23.4 Å². The number of halogens is 1. The topological polar surface area (TPSA) is 49.4 Å². The summed E-state index contributed by atoms with van der Waals surface area (Å²) in [5.74, 6) is -0.187. The van der Waals surface area contributed by atoms with Crippen molar-refractivity contribution in [3.05, 3.63) is 69.7 Å². The maximum Gasteiger partial charge on any atom is 0.242 e. The maximum atomic E-state index is 13.4. The SMILES string of the molecule is CCCNC(=O)[C@H](CC)N(Cc1ccccc1Cl)C(=O)Cc1cc(C)ccc1C. The quantitative estimate of drug-likeness (QED) is 0.638. The van der Waals surface area contributed by atoms with Crippen molar-refractivity contribution in [2.45, 2.75) is 59.5 Å². The van der Waals surface area contributed by atoms with Crippen LogP contribution in [0.1, 0.15) is 48.9 Å². The molecule has 1 atom stereocenters. The number of nitrogens with zero attached hydrogens (tertiary/aromatic N) is 1. The highest BCUT2D eigenvalue weighted by molar-refractivity contribution is 6.31. The Balaban J connectivity index is 2.33. The van der Waals surface area contributed by atoms with Gasteiger partial charge in [-0.1, -0.05) is 67.4 Å². The number of carbonyl (C=O) groups is 2. The zero-order valence-corrected chi connectivity index (χ0v) is 18.6. The number of rotatable bonds is 9. The van der Waals surface area contributed by atoms with Crippen LogP contribution in [0.3, 0.4) is 0 Å². The minimum Gasteiger partial charge on any atom is -0.354 e. The van der Waals surface area contributed by atoms with Crippen LogP contribution in [-0.2, 0) is 22.6 Å². The highest BCUT2D eigenvalue weighted by atomic mass is 35.5. The van der Waals surface area contributed by atoms with Gasteiger partial charge < -0.3 is 10.2 Å². The van der Waals surface area contributed by atoms with Gasteiger partial charge in [0.25, 0.3) is 0 Å².